The smallest absolute Gasteiger partial charge is 0.167 e. The Bertz CT molecular complexity index is 605. The molecule has 0 aliphatic rings. The van der Waals surface area contributed by atoms with Gasteiger partial charge in [0, 0.05) is 12.0 Å². The molecule has 0 saturated carbocycles. The van der Waals surface area contributed by atoms with Crippen molar-refractivity contribution >= 4 is 5.78 Å². The zero-order valence-electron chi connectivity index (χ0n) is 18.7. The van der Waals surface area contributed by atoms with Gasteiger partial charge in [0.05, 0.1) is 5.56 Å². The molecule has 1 aromatic rings. The lowest BCUT2D eigenvalue weighted by atomic mass is 9.90. The number of aromatic hydroxyl groups is 2. The van der Waals surface area contributed by atoms with E-state index in [0.717, 1.165) is 19.3 Å². The van der Waals surface area contributed by atoms with Crippen LogP contribution in [0, 0.1) is 13.8 Å². The van der Waals surface area contributed by atoms with Gasteiger partial charge < -0.3 is 10.2 Å². The third kappa shape index (κ3) is 7.48. The summed E-state index contributed by atoms with van der Waals surface area (Å²) in [5.41, 5.74) is 2.26. The Morgan fingerprint density at radius 1 is 0.679 bits per heavy atom. The Labute approximate surface area is 172 Å². The van der Waals surface area contributed by atoms with Gasteiger partial charge in [0.25, 0.3) is 0 Å². The number of phenolic OH excluding ortho intramolecular Hbond substituents is 2. The number of phenols is 2. The summed E-state index contributed by atoms with van der Waals surface area (Å²) in [5, 5.41) is 21.0. The molecule has 0 aliphatic carbocycles. The van der Waals surface area contributed by atoms with Crippen LogP contribution in [0.4, 0.5) is 0 Å². The predicted molar refractivity (Wildman–Crippen MR) is 119 cm³/mol. The number of unbranched alkanes of at least 4 members (excludes halogenated alkanes) is 10. The van der Waals surface area contributed by atoms with E-state index < -0.39 is 0 Å². The zero-order chi connectivity index (χ0) is 20.9. The van der Waals surface area contributed by atoms with E-state index in [-0.39, 0.29) is 17.3 Å². The Balaban J connectivity index is 2.42. The van der Waals surface area contributed by atoms with Gasteiger partial charge in [-0.15, -0.1) is 0 Å². The molecule has 0 spiro atoms. The van der Waals surface area contributed by atoms with Crippen LogP contribution in [0.15, 0.2) is 0 Å². The average molecular weight is 391 g/mol. The van der Waals surface area contributed by atoms with Crippen molar-refractivity contribution in [2.75, 3.05) is 0 Å². The largest absolute Gasteiger partial charge is 0.507 e. The van der Waals surface area contributed by atoms with Gasteiger partial charge in [-0.25, -0.2) is 0 Å². The molecule has 2 N–H and O–H groups in total. The van der Waals surface area contributed by atoms with Crippen molar-refractivity contribution in [2.45, 2.75) is 118 Å². The van der Waals surface area contributed by atoms with Crippen LogP contribution in [0.3, 0.4) is 0 Å². The van der Waals surface area contributed by atoms with Crippen molar-refractivity contribution in [1.82, 2.24) is 0 Å². The molecule has 3 nitrogen and oxygen atoms in total. The van der Waals surface area contributed by atoms with Crippen molar-refractivity contribution in [3.8, 4) is 11.5 Å². The standard InChI is InChI=1S/C25H42O3/c1-5-7-8-9-10-11-12-13-14-15-16-18-22(26)23-21(17-6-2)24(27)19(3)20(4)25(23)28/h27-28H,5-18H2,1-4H3. The minimum atomic E-state index is -0.0322. The van der Waals surface area contributed by atoms with Gasteiger partial charge in [0.1, 0.15) is 11.5 Å². The molecule has 3 heteroatoms. The number of ketones is 1. The van der Waals surface area contributed by atoms with Gasteiger partial charge in [0.15, 0.2) is 5.78 Å². The second-order valence-corrected chi connectivity index (χ2v) is 8.26. The first-order valence-corrected chi connectivity index (χ1v) is 11.5. The molecule has 0 fully saturated rings. The molecule has 0 bridgehead atoms. The number of carbonyl (C=O) groups is 1. The Kier molecular flexibility index (Phi) is 11.9. The lowest BCUT2D eigenvalue weighted by molar-refractivity contribution is 0.0975. The van der Waals surface area contributed by atoms with Crippen LogP contribution < -0.4 is 0 Å². The normalized spacial score (nSPS) is 11.1. The van der Waals surface area contributed by atoms with Crippen molar-refractivity contribution in [3.05, 3.63) is 22.3 Å². The maximum absolute atomic E-state index is 12.8. The van der Waals surface area contributed by atoms with Crippen molar-refractivity contribution in [1.29, 1.82) is 0 Å². The van der Waals surface area contributed by atoms with E-state index in [1.54, 1.807) is 13.8 Å². The maximum atomic E-state index is 12.8. The summed E-state index contributed by atoms with van der Waals surface area (Å²) in [6.07, 6.45) is 15.6. The monoisotopic (exact) mass is 390 g/mol. The Hall–Kier alpha value is -1.51. The van der Waals surface area contributed by atoms with Gasteiger partial charge in [-0.2, -0.15) is 0 Å². The Morgan fingerprint density at radius 2 is 1.14 bits per heavy atom. The Morgan fingerprint density at radius 3 is 1.64 bits per heavy atom. The molecule has 0 unspecified atom stereocenters. The molecule has 1 rings (SSSR count). The summed E-state index contributed by atoms with van der Waals surface area (Å²) < 4.78 is 0. The van der Waals surface area contributed by atoms with Crippen molar-refractivity contribution in [2.24, 2.45) is 0 Å². The number of rotatable bonds is 15. The van der Waals surface area contributed by atoms with Crippen molar-refractivity contribution < 1.29 is 15.0 Å². The van der Waals surface area contributed by atoms with Gasteiger partial charge in [-0.3, -0.25) is 4.79 Å². The van der Waals surface area contributed by atoms with E-state index in [4.69, 9.17) is 0 Å². The van der Waals surface area contributed by atoms with E-state index >= 15 is 0 Å². The summed E-state index contributed by atoms with van der Waals surface area (Å²) >= 11 is 0. The molecule has 0 heterocycles. The minimum Gasteiger partial charge on any atom is -0.507 e. The van der Waals surface area contributed by atoms with Crippen LogP contribution in [0.1, 0.15) is 124 Å². The zero-order valence-corrected chi connectivity index (χ0v) is 18.7. The highest BCUT2D eigenvalue weighted by Gasteiger charge is 2.23. The van der Waals surface area contributed by atoms with Crippen LogP contribution in [0.2, 0.25) is 0 Å². The highest BCUT2D eigenvalue weighted by atomic mass is 16.3. The average Bonchev–Trinajstić information content (AvgIpc) is 2.68. The predicted octanol–water partition coefficient (Wildman–Crippen LogP) is 7.55. The molecular formula is C25H42O3. The quantitative estimate of drug-likeness (QED) is 0.185. The highest BCUT2D eigenvalue weighted by molar-refractivity contribution is 6.01. The van der Waals surface area contributed by atoms with Crippen LogP contribution in [-0.4, -0.2) is 16.0 Å². The highest BCUT2D eigenvalue weighted by Crippen LogP contribution is 2.38. The summed E-state index contributed by atoms with van der Waals surface area (Å²) in [7, 11) is 0. The first-order chi connectivity index (χ1) is 13.5. The first kappa shape index (κ1) is 24.5. The number of hydrogen-bond donors (Lipinski definition) is 2. The van der Waals surface area contributed by atoms with E-state index in [2.05, 4.69) is 6.92 Å². The fourth-order valence-corrected chi connectivity index (χ4v) is 3.90. The first-order valence-electron chi connectivity index (χ1n) is 11.5. The maximum Gasteiger partial charge on any atom is 0.167 e. The number of Topliss-reactive ketones (excluding diaryl/α,β-unsaturated/α-hetero) is 1. The number of hydrogen-bond acceptors (Lipinski definition) is 3. The van der Waals surface area contributed by atoms with Crippen LogP contribution in [-0.2, 0) is 6.42 Å². The fraction of sp³-hybridized carbons (Fsp3) is 0.720. The van der Waals surface area contributed by atoms with Crippen LogP contribution in [0.25, 0.3) is 0 Å². The summed E-state index contributed by atoms with van der Waals surface area (Å²) in [5.74, 6) is 0.210. The van der Waals surface area contributed by atoms with Crippen LogP contribution in [0.5, 0.6) is 11.5 Å². The van der Waals surface area contributed by atoms with Gasteiger partial charge >= 0.3 is 0 Å². The molecule has 0 saturated heterocycles. The molecule has 1 aromatic carbocycles. The second kappa shape index (κ2) is 13.6. The molecule has 28 heavy (non-hydrogen) atoms. The molecule has 160 valence electrons. The van der Waals surface area contributed by atoms with Gasteiger partial charge in [0.2, 0.25) is 0 Å². The lowest BCUT2D eigenvalue weighted by Gasteiger charge is -2.17. The van der Waals surface area contributed by atoms with Crippen LogP contribution >= 0.6 is 0 Å². The topological polar surface area (TPSA) is 57.5 Å². The molecular weight excluding hydrogens is 348 g/mol. The third-order valence-corrected chi connectivity index (χ3v) is 5.88. The minimum absolute atomic E-state index is 0.0322. The van der Waals surface area contributed by atoms with Gasteiger partial charge in [-0.05, 0) is 37.8 Å². The number of carbonyl (C=O) groups excluding carboxylic acids is 1. The van der Waals surface area contributed by atoms with E-state index in [9.17, 15) is 15.0 Å². The van der Waals surface area contributed by atoms with E-state index in [0.29, 0.717) is 35.1 Å². The lowest BCUT2D eigenvalue weighted by Crippen LogP contribution is -2.07. The summed E-state index contributed by atoms with van der Waals surface area (Å²) in [4.78, 5) is 12.8. The van der Waals surface area contributed by atoms with E-state index in [1.165, 1.54) is 57.8 Å². The molecule has 0 atom stereocenters. The molecule has 0 radical (unpaired) electrons. The molecule has 0 aliphatic heterocycles. The second-order valence-electron chi connectivity index (χ2n) is 8.26. The van der Waals surface area contributed by atoms with Gasteiger partial charge in [-0.1, -0.05) is 84.5 Å². The molecule has 0 aromatic heterocycles. The van der Waals surface area contributed by atoms with Crippen molar-refractivity contribution in [3.63, 3.8) is 0 Å². The van der Waals surface area contributed by atoms with E-state index in [1.807, 2.05) is 6.92 Å². The fourth-order valence-electron chi connectivity index (χ4n) is 3.90. The number of benzene rings is 1. The third-order valence-electron chi connectivity index (χ3n) is 5.88. The summed E-state index contributed by atoms with van der Waals surface area (Å²) in [6, 6.07) is 0. The molecule has 0 amide bonds. The SMILES string of the molecule is CCCCCCCCCCCCCC(=O)c1c(O)c(C)c(C)c(O)c1CCC. The summed E-state index contributed by atoms with van der Waals surface area (Å²) in [6.45, 7) is 7.82.